The van der Waals surface area contributed by atoms with Crippen molar-refractivity contribution < 1.29 is 28.8 Å². The van der Waals surface area contributed by atoms with Gasteiger partial charge in [-0.2, -0.15) is 0 Å². The number of carbonyl (C=O) groups is 6. The summed E-state index contributed by atoms with van der Waals surface area (Å²) in [5.41, 5.74) is 0.500. The quantitative estimate of drug-likeness (QED) is 0.349. The summed E-state index contributed by atoms with van der Waals surface area (Å²) < 4.78 is 0. The van der Waals surface area contributed by atoms with Gasteiger partial charge in [-0.3, -0.25) is 28.8 Å². The van der Waals surface area contributed by atoms with Crippen molar-refractivity contribution in [3.63, 3.8) is 0 Å². The zero-order valence-electron chi connectivity index (χ0n) is 29.9. The molecule has 0 saturated carbocycles. The number of para-hydroxylation sites is 1. The molecule has 3 rings (SSSR count). The predicted molar refractivity (Wildman–Crippen MR) is 185 cm³/mol. The Bertz CT molecular complexity index is 1330. The molecule has 1 saturated heterocycles. The molecular formula is C36H56N6O6. The molecule has 2 aliphatic rings. The molecular weight excluding hydrogens is 612 g/mol. The number of likely N-dealkylation sites (N-methyl/N-ethyl adjacent to an activating group) is 1. The van der Waals surface area contributed by atoms with Crippen molar-refractivity contribution in [2.75, 3.05) is 18.9 Å². The Morgan fingerprint density at radius 1 is 0.771 bits per heavy atom. The van der Waals surface area contributed by atoms with Crippen LogP contribution in [0.15, 0.2) is 24.3 Å². The summed E-state index contributed by atoms with van der Waals surface area (Å²) in [6.07, 6.45) is 3.35. The van der Waals surface area contributed by atoms with Crippen LogP contribution in [0.1, 0.15) is 104 Å². The van der Waals surface area contributed by atoms with Crippen LogP contribution in [-0.2, 0) is 24.0 Å². The molecule has 1 aromatic carbocycles. The molecule has 6 amide bonds. The minimum absolute atomic E-state index is 0.0275. The van der Waals surface area contributed by atoms with Gasteiger partial charge in [0.1, 0.15) is 30.2 Å². The van der Waals surface area contributed by atoms with Gasteiger partial charge in [-0.05, 0) is 68.4 Å². The van der Waals surface area contributed by atoms with Crippen LogP contribution in [0.5, 0.6) is 0 Å². The Hall–Kier alpha value is -3.96. The van der Waals surface area contributed by atoms with E-state index in [1.54, 1.807) is 43.1 Å². The summed E-state index contributed by atoms with van der Waals surface area (Å²) in [5.74, 6) is -2.97. The summed E-state index contributed by atoms with van der Waals surface area (Å²) in [6.45, 7) is 13.6. The van der Waals surface area contributed by atoms with Gasteiger partial charge in [0.25, 0.3) is 5.91 Å². The van der Waals surface area contributed by atoms with Gasteiger partial charge in [0.05, 0.1) is 11.3 Å². The van der Waals surface area contributed by atoms with E-state index < -0.39 is 59.7 Å². The van der Waals surface area contributed by atoms with Gasteiger partial charge in [-0.25, -0.2) is 0 Å². The molecule has 1 aromatic rings. The van der Waals surface area contributed by atoms with Gasteiger partial charge in [0.2, 0.25) is 29.5 Å². The normalized spacial score (nSPS) is 26.0. The number of piperidine rings is 1. The predicted octanol–water partition coefficient (Wildman–Crippen LogP) is 3.46. The van der Waals surface area contributed by atoms with Crippen LogP contribution < -0.4 is 21.3 Å². The number of benzene rings is 1. The molecule has 266 valence electrons. The third-order valence-electron chi connectivity index (χ3n) is 9.45. The molecule has 0 radical (unpaired) electrons. The molecule has 12 heteroatoms. The van der Waals surface area contributed by atoms with Crippen LogP contribution in [0.2, 0.25) is 0 Å². The minimum Gasteiger partial charge on any atom is -0.343 e. The zero-order chi connectivity index (χ0) is 35.7. The first-order chi connectivity index (χ1) is 22.7. The van der Waals surface area contributed by atoms with Gasteiger partial charge in [-0.1, -0.05) is 67.0 Å². The van der Waals surface area contributed by atoms with Gasteiger partial charge in [0, 0.05) is 13.6 Å². The zero-order valence-corrected chi connectivity index (χ0v) is 29.9. The van der Waals surface area contributed by atoms with Gasteiger partial charge < -0.3 is 31.1 Å². The largest absolute Gasteiger partial charge is 0.343 e. The molecule has 48 heavy (non-hydrogen) atoms. The van der Waals surface area contributed by atoms with E-state index in [4.69, 9.17) is 0 Å². The molecule has 2 aliphatic heterocycles. The number of fused-ring (bicyclic) bond motifs is 2. The van der Waals surface area contributed by atoms with E-state index in [2.05, 4.69) is 21.3 Å². The molecule has 2 heterocycles. The smallest absolute Gasteiger partial charge is 0.256 e. The third-order valence-corrected chi connectivity index (χ3v) is 9.45. The van der Waals surface area contributed by atoms with E-state index in [0.717, 1.165) is 6.42 Å². The highest BCUT2D eigenvalue weighted by molar-refractivity contribution is 6.07. The summed E-state index contributed by atoms with van der Waals surface area (Å²) in [5, 5.41) is 11.4. The Labute approximate surface area is 285 Å². The van der Waals surface area contributed by atoms with E-state index in [1.807, 2.05) is 41.5 Å². The lowest BCUT2D eigenvalue weighted by molar-refractivity contribution is -0.144. The van der Waals surface area contributed by atoms with Gasteiger partial charge in [-0.15, -0.1) is 0 Å². The summed E-state index contributed by atoms with van der Waals surface area (Å²) in [4.78, 5) is 86.4. The maximum absolute atomic E-state index is 14.2. The average molecular weight is 669 g/mol. The second-order valence-corrected chi connectivity index (χ2v) is 14.2. The molecule has 0 bridgehead atoms. The maximum Gasteiger partial charge on any atom is 0.256 e. The number of rotatable bonds is 7. The molecule has 0 aromatic heterocycles. The summed E-state index contributed by atoms with van der Waals surface area (Å²) >= 11 is 0. The van der Waals surface area contributed by atoms with Gasteiger partial charge in [0.15, 0.2) is 0 Å². The Morgan fingerprint density at radius 2 is 1.40 bits per heavy atom. The fourth-order valence-corrected chi connectivity index (χ4v) is 6.40. The first-order valence-corrected chi connectivity index (χ1v) is 17.6. The molecule has 0 spiro atoms. The fourth-order valence-electron chi connectivity index (χ4n) is 6.40. The third kappa shape index (κ3) is 9.56. The number of anilines is 1. The van der Waals surface area contributed by atoms with Crippen molar-refractivity contribution in [1.82, 2.24) is 25.8 Å². The number of carbonyl (C=O) groups excluding carboxylic acids is 6. The van der Waals surface area contributed by atoms with Crippen LogP contribution in [0.25, 0.3) is 0 Å². The highest BCUT2D eigenvalue weighted by atomic mass is 16.2. The lowest BCUT2D eigenvalue weighted by atomic mass is 9.96. The van der Waals surface area contributed by atoms with Crippen molar-refractivity contribution in [3.8, 4) is 0 Å². The Balaban J connectivity index is 2.15. The minimum atomic E-state index is -0.967. The number of nitrogens with zero attached hydrogens (tertiary/aromatic N) is 2. The van der Waals surface area contributed by atoms with Crippen molar-refractivity contribution in [3.05, 3.63) is 29.8 Å². The maximum atomic E-state index is 14.2. The fraction of sp³-hybridized carbons (Fsp3) is 0.667. The molecule has 6 atom stereocenters. The van der Waals surface area contributed by atoms with Crippen molar-refractivity contribution in [1.29, 1.82) is 0 Å². The molecule has 4 N–H and O–H groups in total. The highest BCUT2D eigenvalue weighted by Gasteiger charge is 2.40. The monoisotopic (exact) mass is 668 g/mol. The van der Waals surface area contributed by atoms with Crippen LogP contribution >= 0.6 is 0 Å². The Kier molecular flexibility index (Phi) is 14.0. The average Bonchev–Trinajstić information content (AvgIpc) is 3.06. The number of hydrogen-bond acceptors (Lipinski definition) is 6. The van der Waals surface area contributed by atoms with Crippen LogP contribution in [0.3, 0.4) is 0 Å². The number of hydrogen-bond donors (Lipinski definition) is 4. The van der Waals surface area contributed by atoms with E-state index in [0.29, 0.717) is 38.6 Å². The number of amides is 6. The first-order valence-electron chi connectivity index (χ1n) is 17.6. The lowest BCUT2D eigenvalue weighted by Gasteiger charge is -2.39. The second-order valence-electron chi connectivity index (χ2n) is 14.2. The standard InChI is InChI=1S/C36H56N6O6/c1-9-23(7)30-34(46)38-26-16-12-11-15-24(26)35(47)42-18-14-13-17-28(42)36(48)41(8)29(20-22(5)6)33(45)37-25(10-2)31(43)39-27(19-21(3)4)32(44)40-30/h11-12,15-16,21-23,25,27-30H,9-10,13-14,17-20H2,1-8H3,(H,37,45)(H,38,46)(H,39,43)(H,40,44). The highest BCUT2D eigenvalue weighted by Crippen LogP contribution is 2.26. The van der Waals surface area contributed by atoms with Crippen LogP contribution in [-0.4, -0.2) is 89.0 Å². The van der Waals surface area contributed by atoms with Crippen molar-refractivity contribution in [2.45, 2.75) is 124 Å². The number of nitrogens with one attached hydrogen (secondary N) is 4. The van der Waals surface area contributed by atoms with Crippen LogP contribution in [0, 0.1) is 17.8 Å². The molecule has 0 aliphatic carbocycles. The van der Waals surface area contributed by atoms with E-state index >= 15 is 0 Å². The summed E-state index contributed by atoms with van der Waals surface area (Å²) in [6, 6.07) is 2.07. The van der Waals surface area contributed by atoms with Crippen LogP contribution in [0.4, 0.5) is 5.69 Å². The second kappa shape index (κ2) is 17.4. The lowest BCUT2D eigenvalue weighted by Crippen LogP contribution is -2.60. The van der Waals surface area contributed by atoms with E-state index in [9.17, 15) is 28.8 Å². The summed E-state index contributed by atoms with van der Waals surface area (Å²) in [7, 11) is 1.57. The molecule has 1 fully saturated rings. The first kappa shape index (κ1) is 38.5. The van der Waals surface area contributed by atoms with E-state index in [1.165, 1.54) is 4.90 Å². The topological polar surface area (TPSA) is 157 Å². The Morgan fingerprint density at radius 3 is 2.02 bits per heavy atom. The SMILES string of the molecule is CCC1NC(=O)C(CC(C)C)N(C)C(=O)C2CCCCN2C(=O)c2ccccc2NC(=O)C(C(C)CC)NC(=O)C(CC(C)C)NC1=O. The van der Waals surface area contributed by atoms with Crippen molar-refractivity contribution in [2.24, 2.45) is 17.8 Å². The molecule has 6 unspecified atom stereocenters. The van der Waals surface area contributed by atoms with Crippen molar-refractivity contribution >= 4 is 41.1 Å². The van der Waals surface area contributed by atoms with E-state index in [-0.39, 0.29) is 41.3 Å². The molecule has 12 nitrogen and oxygen atoms in total. The van der Waals surface area contributed by atoms with Gasteiger partial charge >= 0.3 is 0 Å².